The highest BCUT2D eigenvalue weighted by molar-refractivity contribution is 5.74. The molecule has 584 valence electrons. The molecule has 4 amide bonds. The van der Waals surface area contributed by atoms with Crippen molar-refractivity contribution in [2.75, 3.05) is 52.9 Å². The maximum Gasteiger partial charge on any atom is 0.217 e. The van der Waals surface area contributed by atoms with Crippen LogP contribution in [0.3, 0.4) is 0 Å². The first-order chi connectivity index (χ1) is 47.8. The summed E-state index contributed by atoms with van der Waals surface area (Å²) in [6.45, 7) is -4.56. The van der Waals surface area contributed by atoms with Crippen molar-refractivity contribution in [2.45, 2.75) is 273 Å². The fourth-order valence-electron chi connectivity index (χ4n) is 13.0. The van der Waals surface area contributed by atoms with Gasteiger partial charge in [0.05, 0.1) is 52.9 Å². The molecule has 101 heavy (non-hydrogen) atoms. The fourth-order valence-corrected chi connectivity index (χ4v) is 13.0. The van der Waals surface area contributed by atoms with E-state index in [-0.39, 0.29) is 0 Å². The van der Waals surface area contributed by atoms with Crippen LogP contribution in [-0.2, 0) is 90.2 Å². The summed E-state index contributed by atoms with van der Waals surface area (Å²) in [6.07, 6.45) is -73.3. The molecule has 8 heterocycles. The van der Waals surface area contributed by atoms with Gasteiger partial charge in [0.1, 0.15) is 195 Å². The number of aliphatic hydroxyl groups excluding tert-OH is 22. The Morgan fingerprint density at radius 3 is 0.970 bits per heavy atom. The van der Waals surface area contributed by atoms with Crippen LogP contribution in [0.2, 0.25) is 0 Å². The second-order valence-corrected chi connectivity index (χ2v) is 25.4. The third kappa shape index (κ3) is 18.5. The van der Waals surface area contributed by atoms with Gasteiger partial charge in [-0.25, -0.2) is 0 Å². The first kappa shape index (κ1) is 83.0. The second kappa shape index (κ2) is 36.3. The van der Waals surface area contributed by atoms with Crippen molar-refractivity contribution >= 4 is 23.6 Å². The summed E-state index contributed by atoms with van der Waals surface area (Å²) < 4.78 is 88.6. The molecule has 0 saturated carbocycles. The summed E-state index contributed by atoms with van der Waals surface area (Å²) in [4.78, 5) is 50.2. The van der Waals surface area contributed by atoms with E-state index in [1.807, 2.05) is 0 Å². The molecule has 8 fully saturated rings. The van der Waals surface area contributed by atoms with Crippen LogP contribution in [0.25, 0.3) is 0 Å². The Morgan fingerprint density at radius 2 is 0.545 bits per heavy atom. The number of rotatable bonds is 26. The van der Waals surface area contributed by atoms with Crippen molar-refractivity contribution in [3.05, 3.63) is 0 Å². The SMILES string of the molecule is CC(=O)NC1C(O)OC(CO)C(OC2OC(CO)C(OC3OC(COC4OC(CO)C(O)C(O)C4OC4OC(CO)C(OC5OC(CO)C(O)C(O)C5O)C(O)C4NC(C)=O)C(O)C(OC4OC(CO)C(O)C(O)C4OC4OC(CO)C(O)C(O)C4NC(C)=O)C3O)C(O)C2NC(C)=O)C1O. The van der Waals surface area contributed by atoms with E-state index in [0.717, 1.165) is 27.7 Å². The quantitative estimate of drug-likeness (QED) is 0.0382. The Bertz CT molecular complexity index is 2640. The lowest BCUT2D eigenvalue weighted by molar-refractivity contribution is -0.396. The Hall–Kier alpha value is -3.60. The van der Waals surface area contributed by atoms with Crippen LogP contribution < -0.4 is 21.3 Å². The molecule has 26 N–H and O–H groups in total. The summed E-state index contributed by atoms with van der Waals surface area (Å²) in [5, 5.41) is 252. The van der Waals surface area contributed by atoms with Gasteiger partial charge in [-0.1, -0.05) is 0 Å². The molecular formula is C56H94N4O41. The number of hydrogen-bond acceptors (Lipinski definition) is 41. The average Bonchev–Trinajstić information content (AvgIpc) is 0.774. The van der Waals surface area contributed by atoms with E-state index in [9.17, 15) is 132 Å². The van der Waals surface area contributed by atoms with Gasteiger partial charge in [0.15, 0.2) is 50.3 Å². The van der Waals surface area contributed by atoms with E-state index < -0.39 is 322 Å². The Labute approximate surface area is 572 Å². The lowest BCUT2D eigenvalue weighted by Gasteiger charge is -2.51. The maximum atomic E-state index is 12.9. The van der Waals surface area contributed by atoms with Crippen LogP contribution in [0, 0.1) is 0 Å². The monoisotopic (exact) mass is 1480 g/mol. The van der Waals surface area contributed by atoms with Gasteiger partial charge >= 0.3 is 0 Å². The van der Waals surface area contributed by atoms with Gasteiger partial charge in [0.25, 0.3) is 0 Å². The minimum absolute atomic E-state index is 0.769. The lowest BCUT2D eigenvalue weighted by Crippen LogP contribution is -2.70. The van der Waals surface area contributed by atoms with Crippen LogP contribution in [0.1, 0.15) is 27.7 Å². The zero-order valence-electron chi connectivity index (χ0n) is 54.3. The topological polar surface area (TPSA) is 700 Å². The van der Waals surface area contributed by atoms with Crippen molar-refractivity contribution < 1.29 is 203 Å². The number of hydrogen-bond donors (Lipinski definition) is 26. The van der Waals surface area contributed by atoms with Crippen LogP contribution >= 0.6 is 0 Å². The van der Waals surface area contributed by atoms with Gasteiger partial charge in [-0.05, 0) is 0 Å². The summed E-state index contributed by atoms with van der Waals surface area (Å²) in [6, 6.07) is -7.13. The minimum Gasteiger partial charge on any atom is -0.394 e. The van der Waals surface area contributed by atoms with E-state index >= 15 is 0 Å². The van der Waals surface area contributed by atoms with Gasteiger partial charge < -0.3 is 205 Å². The zero-order chi connectivity index (χ0) is 74.5. The highest BCUT2D eigenvalue weighted by Crippen LogP contribution is 2.39. The molecule has 40 unspecified atom stereocenters. The van der Waals surface area contributed by atoms with Crippen LogP contribution in [0.4, 0.5) is 0 Å². The molecular weight excluding hydrogens is 1380 g/mol. The van der Waals surface area contributed by atoms with Crippen molar-refractivity contribution in [3.8, 4) is 0 Å². The normalized spacial score (nSPS) is 48.3. The summed E-state index contributed by atoms with van der Waals surface area (Å²) in [5.41, 5.74) is 0. The Balaban J connectivity index is 1.13. The Kier molecular flexibility index (Phi) is 29.9. The van der Waals surface area contributed by atoms with E-state index in [4.69, 9.17) is 71.1 Å². The molecule has 0 spiro atoms. The van der Waals surface area contributed by atoms with Gasteiger partial charge in [-0.15, -0.1) is 0 Å². The molecule has 0 aliphatic carbocycles. The van der Waals surface area contributed by atoms with E-state index in [0.29, 0.717) is 0 Å². The van der Waals surface area contributed by atoms with Gasteiger partial charge in [-0.2, -0.15) is 0 Å². The summed E-state index contributed by atoms with van der Waals surface area (Å²) in [5.74, 6) is -3.45. The number of aliphatic hydroxyl groups is 22. The molecule has 0 aromatic carbocycles. The molecule has 8 rings (SSSR count). The number of ether oxygens (including phenoxy) is 15. The third-order valence-corrected chi connectivity index (χ3v) is 18.3. The Morgan fingerprint density at radius 1 is 0.257 bits per heavy atom. The molecule has 8 aliphatic heterocycles. The maximum absolute atomic E-state index is 12.9. The number of carbonyl (C=O) groups excluding carboxylic acids is 4. The number of amides is 4. The third-order valence-electron chi connectivity index (χ3n) is 18.3. The second-order valence-electron chi connectivity index (χ2n) is 25.4. The first-order valence-electron chi connectivity index (χ1n) is 32.1. The van der Waals surface area contributed by atoms with E-state index in [1.54, 1.807) is 0 Å². The van der Waals surface area contributed by atoms with E-state index in [1.165, 1.54) is 0 Å². The van der Waals surface area contributed by atoms with Crippen LogP contribution in [-0.4, -0.2) is 434 Å². The standard InChI is InChI=1S/C56H94N4O41/c1-13(68)57-25-35(78)43(21(9-65)88-49(25)86)96-51-27(59-15(3)70)36(79)45(23(11-67)93-51)98-54-42(85)46(99-56-48(40(83)32(75)20(8-64)92-56)101-50-26(58-14(2)69)34(77)29(72)17(5-61)89-50)33(76)24(95-54)12-87-55-47(39(82)31(74)19(7-63)91-55)100-52-28(60-16(4)71)37(80)44(22(10-66)94-52)97-53-41(84)38(81)30(73)18(6-62)90-53/h17-56,61-67,72-86H,5-12H2,1-4H3,(H,57,68)(H,58,69)(H,59,70)(H,60,71). The van der Waals surface area contributed by atoms with Crippen molar-refractivity contribution in [1.29, 1.82) is 0 Å². The molecule has 45 nitrogen and oxygen atoms in total. The lowest BCUT2D eigenvalue weighted by atomic mass is 9.93. The molecule has 40 atom stereocenters. The predicted molar refractivity (Wildman–Crippen MR) is 311 cm³/mol. The first-order valence-corrected chi connectivity index (χ1v) is 32.1. The van der Waals surface area contributed by atoms with Gasteiger partial charge in [-0.3, -0.25) is 19.2 Å². The molecule has 45 heteroatoms. The smallest absolute Gasteiger partial charge is 0.217 e. The molecule has 0 radical (unpaired) electrons. The molecule has 8 saturated heterocycles. The summed E-state index contributed by atoms with van der Waals surface area (Å²) in [7, 11) is 0. The van der Waals surface area contributed by atoms with E-state index in [2.05, 4.69) is 21.3 Å². The molecule has 0 bridgehead atoms. The van der Waals surface area contributed by atoms with Crippen molar-refractivity contribution in [1.82, 2.24) is 21.3 Å². The predicted octanol–water partition coefficient (Wildman–Crippen LogP) is -17.9. The van der Waals surface area contributed by atoms with Crippen LogP contribution in [0.5, 0.6) is 0 Å². The highest BCUT2D eigenvalue weighted by Gasteiger charge is 2.60. The highest BCUT2D eigenvalue weighted by atomic mass is 16.8. The minimum atomic E-state index is -2.50. The number of nitrogens with one attached hydrogen (secondary N) is 4. The molecule has 8 aliphatic rings. The molecule has 0 aromatic heterocycles. The van der Waals surface area contributed by atoms with Gasteiger partial charge in [0.2, 0.25) is 23.6 Å². The van der Waals surface area contributed by atoms with Crippen LogP contribution in [0.15, 0.2) is 0 Å². The largest absolute Gasteiger partial charge is 0.394 e. The molecule has 0 aromatic rings. The van der Waals surface area contributed by atoms with Crippen molar-refractivity contribution in [2.24, 2.45) is 0 Å². The van der Waals surface area contributed by atoms with Crippen molar-refractivity contribution in [3.63, 3.8) is 0 Å². The van der Waals surface area contributed by atoms with Gasteiger partial charge in [0, 0.05) is 27.7 Å². The average molecular weight is 1480 g/mol. The summed E-state index contributed by atoms with van der Waals surface area (Å²) >= 11 is 0. The zero-order valence-corrected chi connectivity index (χ0v) is 54.3. The number of carbonyl (C=O) groups is 4. The fraction of sp³-hybridized carbons (Fsp3) is 0.929.